The molecule has 2 atom stereocenters. The Bertz CT molecular complexity index is 731. The van der Waals surface area contributed by atoms with E-state index in [-0.39, 0.29) is 17.4 Å². The lowest BCUT2D eigenvalue weighted by molar-refractivity contribution is 0.0925. The molecule has 1 amide bonds. The summed E-state index contributed by atoms with van der Waals surface area (Å²) in [5, 5.41) is 19.9. The first-order valence-electron chi connectivity index (χ1n) is 7.14. The van der Waals surface area contributed by atoms with Crippen molar-refractivity contribution in [2.75, 3.05) is 13.2 Å². The number of nitrogens with one attached hydrogen (secondary N) is 1. The minimum atomic E-state index is -0.624. The Hall–Kier alpha value is -2.79. The Morgan fingerprint density at radius 3 is 2.91 bits per heavy atom. The van der Waals surface area contributed by atoms with Gasteiger partial charge in [-0.3, -0.25) is 4.79 Å². The molecule has 0 bridgehead atoms. The summed E-state index contributed by atoms with van der Waals surface area (Å²) in [6, 6.07) is 7.03. The van der Waals surface area contributed by atoms with Crippen molar-refractivity contribution in [1.82, 2.24) is 20.3 Å². The second kappa shape index (κ2) is 6.54. The largest absolute Gasteiger partial charge is 0.381 e. The number of carbonyl (C=O) groups is 1. The van der Waals surface area contributed by atoms with E-state index in [1.54, 1.807) is 0 Å². The highest BCUT2D eigenvalue weighted by Gasteiger charge is 2.28. The molecule has 8 heteroatoms. The maximum Gasteiger partial charge on any atom is 0.274 e. The topological polar surface area (TPSA) is 92.8 Å². The molecule has 3 rings (SSSR count). The number of ether oxygens (including phenoxy) is 1. The molecule has 1 aromatic carbocycles. The van der Waals surface area contributed by atoms with Crippen LogP contribution in [0.15, 0.2) is 30.5 Å². The Balaban J connectivity index is 1.70. The molecule has 1 fully saturated rings. The molecule has 0 spiro atoms. The fourth-order valence-electron chi connectivity index (χ4n) is 2.35. The Morgan fingerprint density at radius 2 is 2.26 bits per heavy atom. The molecule has 1 aliphatic rings. The van der Waals surface area contributed by atoms with Crippen molar-refractivity contribution in [3.05, 3.63) is 42.0 Å². The second-order valence-electron chi connectivity index (χ2n) is 5.20. The lowest BCUT2D eigenvalue weighted by atomic mass is 10.0. The summed E-state index contributed by atoms with van der Waals surface area (Å²) in [4.78, 5) is 13.4. The molecular formula is C15H14FN5O2. The molecule has 0 saturated carbocycles. The van der Waals surface area contributed by atoms with Gasteiger partial charge in [0, 0.05) is 12.5 Å². The zero-order chi connectivity index (χ0) is 16.2. The highest BCUT2D eigenvalue weighted by molar-refractivity contribution is 5.92. The van der Waals surface area contributed by atoms with E-state index >= 15 is 0 Å². The molecule has 0 radical (unpaired) electrons. The van der Waals surface area contributed by atoms with Crippen LogP contribution in [0, 0.1) is 23.1 Å². The fraction of sp³-hybridized carbons (Fsp3) is 0.333. The first-order valence-corrected chi connectivity index (χ1v) is 7.14. The third-order valence-electron chi connectivity index (χ3n) is 3.64. The zero-order valence-corrected chi connectivity index (χ0v) is 12.1. The number of nitriles is 1. The highest BCUT2D eigenvalue weighted by Crippen LogP contribution is 2.16. The van der Waals surface area contributed by atoms with Crippen molar-refractivity contribution >= 4 is 5.91 Å². The number of halogens is 1. The summed E-state index contributed by atoms with van der Waals surface area (Å²) < 4.78 is 18.1. The number of rotatable bonds is 4. The molecule has 0 aliphatic carbocycles. The van der Waals surface area contributed by atoms with E-state index in [9.17, 15) is 14.4 Å². The fourth-order valence-corrected chi connectivity index (χ4v) is 2.35. The van der Waals surface area contributed by atoms with E-state index in [0.717, 1.165) is 6.42 Å². The van der Waals surface area contributed by atoms with Crippen LogP contribution in [0.25, 0.3) is 5.69 Å². The molecule has 23 heavy (non-hydrogen) atoms. The maximum atomic E-state index is 12.9. The van der Waals surface area contributed by atoms with E-state index in [0.29, 0.717) is 18.9 Å². The third-order valence-corrected chi connectivity index (χ3v) is 3.64. The third kappa shape index (κ3) is 3.35. The van der Waals surface area contributed by atoms with Gasteiger partial charge < -0.3 is 10.1 Å². The van der Waals surface area contributed by atoms with Crippen molar-refractivity contribution < 1.29 is 13.9 Å². The summed E-state index contributed by atoms with van der Waals surface area (Å²) in [7, 11) is 0. The van der Waals surface area contributed by atoms with Gasteiger partial charge in [-0.25, -0.2) is 4.39 Å². The summed E-state index contributed by atoms with van der Waals surface area (Å²) in [5.74, 6) is -0.859. The smallest absolute Gasteiger partial charge is 0.274 e. The zero-order valence-electron chi connectivity index (χ0n) is 12.1. The number of nitrogens with zero attached hydrogens (tertiary/aromatic N) is 4. The van der Waals surface area contributed by atoms with Crippen molar-refractivity contribution in [1.29, 1.82) is 5.26 Å². The number of hydrogen-bond donors (Lipinski definition) is 1. The minimum absolute atomic E-state index is 0.0175. The molecule has 1 aliphatic heterocycles. The van der Waals surface area contributed by atoms with Crippen molar-refractivity contribution in [3.63, 3.8) is 0 Å². The van der Waals surface area contributed by atoms with Gasteiger partial charge in [-0.1, -0.05) is 0 Å². The summed E-state index contributed by atoms with van der Waals surface area (Å²) >= 11 is 0. The van der Waals surface area contributed by atoms with Crippen molar-refractivity contribution in [3.8, 4) is 11.8 Å². The summed E-state index contributed by atoms with van der Waals surface area (Å²) in [5.41, 5.74) is 0.625. The number of amides is 1. The highest BCUT2D eigenvalue weighted by atomic mass is 19.1. The molecule has 1 saturated heterocycles. The maximum absolute atomic E-state index is 12.9. The predicted molar refractivity (Wildman–Crippen MR) is 77.1 cm³/mol. The summed E-state index contributed by atoms with van der Waals surface area (Å²) in [6.45, 7) is 1.06. The van der Waals surface area contributed by atoms with Gasteiger partial charge in [0.2, 0.25) is 0 Å². The first kappa shape index (κ1) is 15.1. The van der Waals surface area contributed by atoms with Gasteiger partial charge in [0.05, 0.1) is 24.6 Å². The van der Waals surface area contributed by atoms with Gasteiger partial charge in [0.15, 0.2) is 5.69 Å². The molecule has 1 aromatic heterocycles. The molecule has 2 aromatic rings. The SMILES string of the molecule is N#CC(NC(=O)c1cnn(-c2ccc(F)cc2)n1)C1CCOC1. The van der Waals surface area contributed by atoms with Crippen molar-refractivity contribution in [2.24, 2.45) is 5.92 Å². The van der Waals surface area contributed by atoms with Crippen LogP contribution in [0.2, 0.25) is 0 Å². The Labute approximate surface area is 131 Å². The Kier molecular flexibility index (Phi) is 4.30. The van der Waals surface area contributed by atoms with Crippen LogP contribution in [0.1, 0.15) is 16.9 Å². The Morgan fingerprint density at radius 1 is 1.48 bits per heavy atom. The molecule has 7 nitrogen and oxygen atoms in total. The number of benzene rings is 1. The van der Waals surface area contributed by atoms with Gasteiger partial charge in [-0.05, 0) is 30.7 Å². The van der Waals surface area contributed by atoms with Crippen LogP contribution >= 0.6 is 0 Å². The van der Waals surface area contributed by atoms with E-state index in [2.05, 4.69) is 21.6 Å². The van der Waals surface area contributed by atoms with Crippen LogP contribution in [0.5, 0.6) is 0 Å². The number of carbonyl (C=O) groups excluding carboxylic acids is 1. The average molecular weight is 315 g/mol. The predicted octanol–water partition coefficient (Wildman–Crippen LogP) is 1.06. The van der Waals surface area contributed by atoms with E-state index in [4.69, 9.17) is 4.74 Å². The van der Waals surface area contributed by atoms with Gasteiger partial charge in [0.1, 0.15) is 11.9 Å². The van der Waals surface area contributed by atoms with E-state index in [1.807, 2.05) is 0 Å². The van der Waals surface area contributed by atoms with Gasteiger partial charge in [-0.2, -0.15) is 15.2 Å². The van der Waals surface area contributed by atoms with Crippen LogP contribution in [-0.4, -0.2) is 40.2 Å². The first-order chi connectivity index (χ1) is 11.2. The van der Waals surface area contributed by atoms with E-state index in [1.165, 1.54) is 35.3 Å². The minimum Gasteiger partial charge on any atom is -0.381 e. The van der Waals surface area contributed by atoms with Crippen LogP contribution in [0.3, 0.4) is 0 Å². The number of hydrogen-bond acceptors (Lipinski definition) is 5. The normalized spacial score (nSPS) is 18.3. The standard InChI is InChI=1S/C15H14FN5O2/c16-11-1-3-12(4-2-11)21-18-8-14(20-21)15(22)19-13(7-17)10-5-6-23-9-10/h1-4,8,10,13H,5-6,9H2,(H,19,22). The monoisotopic (exact) mass is 315 g/mol. The van der Waals surface area contributed by atoms with Gasteiger partial charge in [0.25, 0.3) is 5.91 Å². The molecule has 2 unspecified atom stereocenters. The van der Waals surface area contributed by atoms with E-state index < -0.39 is 11.9 Å². The van der Waals surface area contributed by atoms with Crippen LogP contribution in [-0.2, 0) is 4.74 Å². The molecule has 2 heterocycles. The molecule has 118 valence electrons. The second-order valence-corrected chi connectivity index (χ2v) is 5.20. The van der Waals surface area contributed by atoms with Crippen molar-refractivity contribution in [2.45, 2.75) is 12.5 Å². The summed E-state index contributed by atoms with van der Waals surface area (Å²) in [6.07, 6.45) is 2.04. The quantitative estimate of drug-likeness (QED) is 0.911. The van der Waals surface area contributed by atoms with Gasteiger partial charge in [-0.15, -0.1) is 5.10 Å². The van der Waals surface area contributed by atoms with Gasteiger partial charge >= 0.3 is 0 Å². The van der Waals surface area contributed by atoms with Crippen LogP contribution < -0.4 is 5.32 Å². The average Bonchev–Trinajstić information content (AvgIpc) is 3.24. The molecule has 1 N–H and O–H groups in total. The lowest BCUT2D eigenvalue weighted by Crippen LogP contribution is -2.39. The molecular weight excluding hydrogens is 301 g/mol. The number of aromatic nitrogens is 3. The lowest BCUT2D eigenvalue weighted by Gasteiger charge is -2.15. The van der Waals surface area contributed by atoms with Crippen LogP contribution in [0.4, 0.5) is 4.39 Å².